The first kappa shape index (κ1) is 16.6. The van der Waals surface area contributed by atoms with Crippen molar-refractivity contribution in [1.82, 2.24) is 19.9 Å². The fourth-order valence-corrected chi connectivity index (χ4v) is 2.78. The molecule has 5 nitrogen and oxygen atoms in total. The molecular formula is C16H18F3N5. The van der Waals surface area contributed by atoms with Gasteiger partial charge in [0.15, 0.2) is 0 Å². The third-order valence-electron chi connectivity index (χ3n) is 4.05. The van der Waals surface area contributed by atoms with Gasteiger partial charge in [-0.05, 0) is 30.5 Å². The van der Waals surface area contributed by atoms with E-state index in [4.69, 9.17) is 0 Å². The van der Waals surface area contributed by atoms with Crippen molar-refractivity contribution in [3.63, 3.8) is 0 Å². The molecule has 0 spiro atoms. The second-order valence-corrected chi connectivity index (χ2v) is 5.84. The van der Waals surface area contributed by atoms with Crippen molar-refractivity contribution in [3.8, 4) is 0 Å². The first-order valence-electron chi connectivity index (χ1n) is 7.78. The Bertz CT molecular complexity index is 654. The third-order valence-corrected chi connectivity index (χ3v) is 4.05. The molecule has 128 valence electrons. The normalized spacial score (nSPS) is 17.0. The average molecular weight is 337 g/mol. The summed E-state index contributed by atoms with van der Waals surface area (Å²) in [7, 11) is 0. The molecule has 1 aliphatic rings. The van der Waals surface area contributed by atoms with Gasteiger partial charge in [0.1, 0.15) is 17.8 Å². The smallest absolute Gasteiger partial charge is 0.367 e. The molecule has 0 aromatic carbocycles. The summed E-state index contributed by atoms with van der Waals surface area (Å²) in [5.74, 6) is 0.227. The van der Waals surface area contributed by atoms with Crippen molar-refractivity contribution in [1.29, 1.82) is 0 Å². The molecule has 0 bridgehead atoms. The highest BCUT2D eigenvalue weighted by Crippen LogP contribution is 2.28. The lowest BCUT2D eigenvalue weighted by atomic mass is 10.0. The Morgan fingerprint density at radius 2 is 1.83 bits per heavy atom. The summed E-state index contributed by atoms with van der Waals surface area (Å²) in [5, 5.41) is 3.09. The Kier molecular flexibility index (Phi) is 4.94. The summed E-state index contributed by atoms with van der Waals surface area (Å²) >= 11 is 0. The highest BCUT2D eigenvalue weighted by molar-refractivity contribution is 5.36. The van der Waals surface area contributed by atoms with Crippen LogP contribution in [0.1, 0.15) is 24.1 Å². The van der Waals surface area contributed by atoms with Gasteiger partial charge in [-0.1, -0.05) is 0 Å². The van der Waals surface area contributed by atoms with Crippen molar-refractivity contribution < 1.29 is 13.2 Å². The molecule has 24 heavy (non-hydrogen) atoms. The number of likely N-dealkylation sites (tertiary alicyclic amines) is 1. The minimum Gasteiger partial charge on any atom is -0.367 e. The van der Waals surface area contributed by atoms with Crippen molar-refractivity contribution in [2.45, 2.75) is 31.6 Å². The molecule has 3 heterocycles. The number of aromatic nitrogens is 3. The van der Waals surface area contributed by atoms with Crippen LogP contribution in [0.2, 0.25) is 0 Å². The van der Waals surface area contributed by atoms with Gasteiger partial charge < -0.3 is 5.32 Å². The molecule has 8 heteroatoms. The maximum absolute atomic E-state index is 12.7. The fourth-order valence-electron chi connectivity index (χ4n) is 2.78. The van der Waals surface area contributed by atoms with Gasteiger partial charge in [0, 0.05) is 44.1 Å². The maximum atomic E-state index is 12.7. The van der Waals surface area contributed by atoms with Gasteiger partial charge in [0.05, 0.1) is 0 Å². The Morgan fingerprint density at radius 3 is 2.50 bits per heavy atom. The highest BCUT2D eigenvalue weighted by atomic mass is 19.4. The van der Waals surface area contributed by atoms with Crippen molar-refractivity contribution in [2.75, 3.05) is 18.4 Å². The van der Waals surface area contributed by atoms with Crippen LogP contribution in [-0.2, 0) is 12.7 Å². The van der Waals surface area contributed by atoms with E-state index >= 15 is 0 Å². The number of hydrogen-bond acceptors (Lipinski definition) is 5. The fraction of sp³-hybridized carbons (Fsp3) is 0.438. The SMILES string of the molecule is FC(F)(F)c1cc(NC2CCN(Cc3ccncc3)CC2)ncn1. The van der Waals surface area contributed by atoms with Crippen molar-refractivity contribution in [2.24, 2.45) is 0 Å². The standard InChI is InChI=1S/C16H18F3N5/c17-16(18,19)14-9-15(22-11-21-14)23-13-3-7-24(8-4-13)10-12-1-5-20-6-2-12/h1-2,5-6,9,11,13H,3-4,7-8,10H2,(H,21,22,23). The van der Waals surface area contributed by atoms with Crippen LogP contribution >= 0.6 is 0 Å². The molecule has 0 saturated carbocycles. The minimum absolute atomic E-state index is 0.120. The zero-order valence-electron chi connectivity index (χ0n) is 13.0. The lowest BCUT2D eigenvalue weighted by Gasteiger charge is -2.32. The summed E-state index contributed by atoms with van der Waals surface area (Å²) in [5.41, 5.74) is 0.289. The van der Waals surface area contributed by atoms with Crippen LogP contribution in [0.5, 0.6) is 0 Å². The van der Waals surface area contributed by atoms with Crippen molar-refractivity contribution >= 4 is 5.82 Å². The van der Waals surface area contributed by atoms with E-state index < -0.39 is 11.9 Å². The lowest BCUT2D eigenvalue weighted by Crippen LogP contribution is -2.38. The summed E-state index contributed by atoms with van der Waals surface area (Å²) < 4.78 is 38.0. The van der Waals surface area contributed by atoms with Crippen LogP contribution in [0.15, 0.2) is 36.9 Å². The van der Waals surface area contributed by atoms with E-state index in [1.807, 2.05) is 12.1 Å². The molecule has 0 atom stereocenters. The second kappa shape index (κ2) is 7.12. The molecule has 1 aliphatic heterocycles. The van der Waals surface area contributed by atoms with Gasteiger partial charge in [0.2, 0.25) is 0 Å². The zero-order chi connectivity index (χ0) is 17.0. The van der Waals surface area contributed by atoms with E-state index in [9.17, 15) is 13.2 Å². The topological polar surface area (TPSA) is 53.9 Å². The zero-order valence-corrected chi connectivity index (χ0v) is 13.0. The summed E-state index contributed by atoms with van der Waals surface area (Å²) in [6.45, 7) is 2.63. The van der Waals surface area contributed by atoms with Crippen LogP contribution in [0.25, 0.3) is 0 Å². The lowest BCUT2D eigenvalue weighted by molar-refractivity contribution is -0.141. The molecule has 0 amide bonds. The number of anilines is 1. The second-order valence-electron chi connectivity index (χ2n) is 5.84. The van der Waals surface area contributed by atoms with Crippen LogP contribution in [0, 0.1) is 0 Å². The molecule has 1 N–H and O–H groups in total. The number of nitrogens with zero attached hydrogens (tertiary/aromatic N) is 4. The van der Waals surface area contributed by atoms with Crippen molar-refractivity contribution in [3.05, 3.63) is 48.2 Å². The predicted molar refractivity (Wildman–Crippen MR) is 83.2 cm³/mol. The monoisotopic (exact) mass is 337 g/mol. The van der Waals surface area contributed by atoms with Gasteiger partial charge in [-0.3, -0.25) is 9.88 Å². The Morgan fingerprint density at radius 1 is 1.12 bits per heavy atom. The van der Waals surface area contributed by atoms with Gasteiger partial charge >= 0.3 is 6.18 Å². The highest BCUT2D eigenvalue weighted by Gasteiger charge is 2.33. The van der Waals surface area contributed by atoms with E-state index in [0.717, 1.165) is 44.9 Å². The first-order chi connectivity index (χ1) is 11.5. The minimum atomic E-state index is -4.45. The molecular weight excluding hydrogens is 319 g/mol. The van der Waals surface area contributed by atoms with Gasteiger partial charge in [-0.2, -0.15) is 13.2 Å². The third kappa shape index (κ3) is 4.41. The molecule has 2 aromatic rings. The molecule has 1 fully saturated rings. The largest absolute Gasteiger partial charge is 0.433 e. The molecule has 3 rings (SSSR count). The van der Waals surface area contributed by atoms with E-state index in [1.54, 1.807) is 12.4 Å². The van der Waals surface area contributed by atoms with Crippen LogP contribution in [0.4, 0.5) is 19.0 Å². The first-order valence-corrected chi connectivity index (χ1v) is 7.78. The molecule has 0 unspecified atom stereocenters. The molecule has 0 radical (unpaired) electrons. The number of nitrogens with one attached hydrogen (secondary N) is 1. The van der Waals surface area contributed by atoms with E-state index in [-0.39, 0.29) is 11.9 Å². The maximum Gasteiger partial charge on any atom is 0.433 e. The van der Waals surface area contributed by atoms with Crippen LogP contribution in [0.3, 0.4) is 0 Å². The van der Waals surface area contributed by atoms with E-state index in [2.05, 4.69) is 25.2 Å². The predicted octanol–water partition coefficient (Wildman–Crippen LogP) is 2.97. The number of hydrogen-bond donors (Lipinski definition) is 1. The number of halogens is 3. The summed E-state index contributed by atoms with van der Waals surface area (Å²) in [6.07, 6.45) is 1.76. The van der Waals surface area contributed by atoms with E-state index in [1.165, 1.54) is 5.56 Å². The Labute approximate surface area is 138 Å². The molecule has 0 aliphatic carbocycles. The van der Waals surface area contributed by atoms with E-state index in [0.29, 0.717) is 0 Å². The number of piperidine rings is 1. The van der Waals surface area contributed by atoms with Gasteiger partial charge in [-0.15, -0.1) is 0 Å². The quantitative estimate of drug-likeness (QED) is 0.930. The molecule has 2 aromatic heterocycles. The van der Waals surface area contributed by atoms with Gasteiger partial charge in [0.25, 0.3) is 0 Å². The number of pyridine rings is 1. The number of rotatable bonds is 4. The Hall–Kier alpha value is -2.22. The summed E-state index contributed by atoms with van der Waals surface area (Å²) in [6, 6.07) is 5.06. The number of alkyl halides is 3. The van der Waals surface area contributed by atoms with Gasteiger partial charge in [-0.25, -0.2) is 9.97 Å². The average Bonchev–Trinajstić information content (AvgIpc) is 2.57. The Balaban J connectivity index is 1.52. The summed E-state index contributed by atoms with van der Waals surface area (Å²) in [4.78, 5) is 13.5. The van der Waals surface area contributed by atoms with Crippen LogP contribution in [-0.4, -0.2) is 39.0 Å². The molecule has 1 saturated heterocycles. The van der Waals surface area contributed by atoms with Crippen LogP contribution < -0.4 is 5.32 Å².